The number of benzene rings is 1. The SMILES string of the molecule is O=S(=O)(NCC1CCC(O)C1)c1ccccc1. The number of hydrogen-bond donors (Lipinski definition) is 2. The van der Waals surface area contributed by atoms with Gasteiger partial charge >= 0.3 is 0 Å². The molecule has 0 aromatic heterocycles. The Hall–Kier alpha value is -0.910. The van der Waals surface area contributed by atoms with Crippen LogP contribution in [0.5, 0.6) is 0 Å². The van der Waals surface area contributed by atoms with E-state index in [0.717, 1.165) is 12.8 Å². The maximum atomic E-state index is 11.9. The highest BCUT2D eigenvalue weighted by molar-refractivity contribution is 7.89. The highest BCUT2D eigenvalue weighted by Gasteiger charge is 2.24. The second-order valence-electron chi connectivity index (χ2n) is 4.50. The quantitative estimate of drug-likeness (QED) is 0.847. The molecule has 0 spiro atoms. The van der Waals surface area contributed by atoms with Crippen molar-refractivity contribution in [3.8, 4) is 0 Å². The van der Waals surface area contributed by atoms with Gasteiger partial charge in [0.25, 0.3) is 0 Å². The van der Waals surface area contributed by atoms with Crippen molar-refractivity contribution in [3.05, 3.63) is 30.3 Å². The van der Waals surface area contributed by atoms with Gasteiger partial charge in [-0.15, -0.1) is 0 Å². The average Bonchev–Trinajstić information content (AvgIpc) is 2.74. The number of hydrogen-bond acceptors (Lipinski definition) is 3. The Morgan fingerprint density at radius 3 is 2.53 bits per heavy atom. The standard InChI is InChI=1S/C12H17NO3S/c14-11-7-6-10(8-11)9-13-17(15,16)12-4-2-1-3-5-12/h1-5,10-11,13-14H,6-9H2. The van der Waals surface area contributed by atoms with Crippen molar-refractivity contribution >= 4 is 10.0 Å². The molecule has 17 heavy (non-hydrogen) atoms. The van der Waals surface area contributed by atoms with E-state index in [1.54, 1.807) is 30.3 Å². The summed E-state index contributed by atoms with van der Waals surface area (Å²) in [6.45, 7) is 0.411. The Kier molecular flexibility index (Phi) is 3.81. The van der Waals surface area contributed by atoms with Gasteiger partial charge in [-0.2, -0.15) is 0 Å². The van der Waals surface area contributed by atoms with E-state index in [1.807, 2.05) is 0 Å². The fourth-order valence-corrected chi connectivity index (χ4v) is 3.28. The molecule has 0 bridgehead atoms. The normalized spacial score (nSPS) is 25.0. The van der Waals surface area contributed by atoms with E-state index in [9.17, 15) is 13.5 Å². The smallest absolute Gasteiger partial charge is 0.240 e. The molecule has 1 aliphatic carbocycles. The van der Waals surface area contributed by atoms with Crippen LogP contribution >= 0.6 is 0 Å². The first-order valence-corrected chi connectivity index (χ1v) is 7.29. The van der Waals surface area contributed by atoms with Crippen LogP contribution in [0.2, 0.25) is 0 Å². The molecule has 0 amide bonds. The lowest BCUT2D eigenvalue weighted by atomic mass is 10.1. The summed E-state index contributed by atoms with van der Waals surface area (Å²) in [5, 5.41) is 9.37. The van der Waals surface area contributed by atoms with Gasteiger partial charge in [-0.25, -0.2) is 13.1 Å². The summed E-state index contributed by atoms with van der Waals surface area (Å²) < 4.78 is 26.4. The summed E-state index contributed by atoms with van der Waals surface area (Å²) in [5.41, 5.74) is 0. The van der Waals surface area contributed by atoms with Crippen molar-refractivity contribution in [1.82, 2.24) is 4.72 Å². The molecule has 0 aliphatic heterocycles. The number of aliphatic hydroxyl groups excluding tert-OH is 1. The fourth-order valence-electron chi connectivity index (χ4n) is 2.14. The molecule has 1 fully saturated rings. The van der Waals surface area contributed by atoms with E-state index in [4.69, 9.17) is 0 Å². The topological polar surface area (TPSA) is 66.4 Å². The molecular formula is C12H17NO3S. The lowest BCUT2D eigenvalue weighted by molar-refractivity contribution is 0.178. The van der Waals surface area contributed by atoms with Crippen LogP contribution in [0.1, 0.15) is 19.3 Å². The van der Waals surface area contributed by atoms with Gasteiger partial charge in [0, 0.05) is 6.54 Å². The van der Waals surface area contributed by atoms with Crippen LogP contribution in [0.25, 0.3) is 0 Å². The van der Waals surface area contributed by atoms with Gasteiger partial charge in [-0.3, -0.25) is 0 Å². The first kappa shape index (κ1) is 12.5. The van der Waals surface area contributed by atoms with Crippen LogP contribution < -0.4 is 4.72 Å². The molecule has 0 saturated heterocycles. The molecule has 4 nitrogen and oxygen atoms in total. The van der Waals surface area contributed by atoms with E-state index in [2.05, 4.69) is 4.72 Å². The highest BCUT2D eigenvalue weighted by Crippen LogP contribution is 2.25. The molecule has 0 radical (unpaired) electrons. The minimum Gasteiger partial charge on any atom is -0.393 e. The predicted octanol–water partition coefficient (Wildman–Crippen LogP) is 1.13. The van der Waals surface area contributed by atoms with E-state index < -0.39 is 10.0 Å². The number of sulfonamides is 1. The third-order valence-electron chi connectivity index (χ3n) is 3.13. The molecule has 94 valence electrons. The summed E-state index contributed by atoms with van der Waals surface area (Å²) in [4.78, 5) is 0.290. The van der Waals surface area contributed by atoms with Crippen LogP contribution in [0, 0.1) is 5.92 Å². The lowest BCUT2D eigenvalue weighted by Crippen LogP contribution is -2.28. The van der Waals surface area contributed by atoms with Crippen molar-refractivity contribution in [2.75, 3.05) is 6.54 Å². The first-order valence-electron chi connectivity index (χ1n) is 5.81. The zero-order valence-corrected chi connectivity index (χ0v) is 10.4. The molecule has 2 atom stereocenters. The van der Waals surface area contributed by atoms with Gasteiger partial charge in [-0.1, -0.05) is 18.2 Å². The zero-order valence-electron chi connectivity index (χ0n) is 9.54. The zero-order chi connectivity index (χ0) is 12.3. The molecule has 0 heterocycles. The Morgan fingerprint density at radius 2 is 1.94 bits per heavy atom. The molecular weight excluding hydrogens is 238 g/mol. The minimum atomic E-state index is -3.40. The van der Waals surface area contributed by atoms with Gasteiger partial charge in [0.05, 0.1) is 11.0 Å². The monoisotopic (exact) mass is 255 g/mol. The van der Waals surface area contributed by atoms with Gasteiger partial charge in [0.1, 0.15) is 0 Å². The molecule has 2 unspecified atom stereocenters. The van der Waals surface area contributed by atoms with Crippen LogP contribution in [0.15, 0.2) is 35.2 Å². The molecule has 1 aromatic rings. The Balaban J connectivity index is 1.95. The second kappa shape index (κ2) is 5.16. The lowest BCUT2D eigenvalue weighted by Gasteiger charge is -2.11. The third-order valence-corrected chi connectivity index (χ3v) is 4.57. The number of aliphatic hydroxyl groups is 1. The van der Waals surface area contributed by atoms with Crippen molar-refractivity contribution in [2.24, 2.45) is 5.92 Å². The number of rotatable bonds is 4. The average molecular weight is 255 g/mol. The second-order valence-corrected chi connectivity index (χ2v) is 6.26. The molecule has 1 aromatic carbocycles. The first-order chi connectivity index (χ1) is 8.08. The Labute approximate surface area is 102 Å². The summed E-state index contributed by atoms with van der Waals surface area (Å²) in [6.07, 6.45) is 2.09. The number of nitrogens with one attached hydrogen (secondary N) is 1. The van der Waals surface area contributed by atoms with E-state index in [0.29, 0.717) is 17.9 Å². The van der Waals surface area contributed by atoms with Crippen LogP contribution in [-0.2, 0) is 10.0 Å². The maximum absolute atomic E-state index is 11.9. The Bertz CT molecular complexity index is 458. The highest BCUT2D eigenvalue weighted by atomic mass is 32.2. The fraction of sp³-hybridized carbons (Fsp3) is 0.500. The van der Waals surface area contributed by atoms with Crippen LogP contribution in [0.3, 0.4) is 0 Å². The maximum Gasteiger partial charge on any atom is 0.240 e. The summed E-state index contributed by atoms with van der Waals surface area (Å²) in [7, 11) is -3.40. The van der Waals surface area contributed by atoms with E-state index in [1.165, 1.54) is 0 Å². The third kappa shape index (κ3) is 3.28. The van der Waals surface area contributed by atoms with Crippen LogP contribution in [0.4, 0.5) is 0 Å². The molecule has 2 rings (SSSR count). The summed E-state index contributed by atoms with van der Waals surface area (Å²) >= 11 is 0. The molecule has 5 heteroatoms. The van der Waals surface area contributed by atoms with Crippen molar-refractivity contribution in [2.45, 2.75) is 30.3 Å². The van der Waals surface area contributed by atoms with Gasteiger partial charge in [0.15, 0.2) is 0 Å². The van der Waals surface area contributed by atoms with Crippen molar-refractivity contribution in [3.63, 3.8) is 0 Å². The summed E-state index contributed by atoms with van der Waals surface area (Å²) in [5.74, 6) is 0.253. The molecule has 1 saturated carbocycles. The van der Waals surface area contributed by atoms with E-state index in [-0.39, 0.29) is 12.0 Å². The van der Waals surface area contributed by atoms with Crippen LogP contribution in [-0.4, -0.2) is 26.2 Å². The minimum absolute atomic E-state index is 0.253. The van der Waals surface area contributed by atoms with Gasteiger partial charge in [-0.05, 0) is 37.3 Å². The molecule has 1 aliphatic rings. The summed E-state index contributed by atoms with van der Waals surface area (Å²) in [6, 6.07) is 8.34. The van der Waals surface area contributed by atoms with Crippen molar-refractivity contribution in [1.29, 1.82) is 0 Å². The van der Waals surface area contributed by atoms with Gasteiger partial charge < -0.3 is 5.11 Å². The van der Waals surface area contributed by atoms with E-state index >= 15 is 0 Å². The predicted molar refractivity (Wildman–Crippen MR) is 65.0 cm³/mol. The van der Waals surface area contributed by atoms with Gasteiger partial charge in [0.2, 0.25) is 10.0 Å². The van der Waals surface area contributed by atoms with Crippen molar-refractivity contribution < 1.29 is 13.5 Å². The largest absolute Gasteiger partial charge is 0.393 e. The molecule has 2 N–H and O–H groups in total. The Morgan fingerprint density at radius 1 is 1.24 bits per heavy atom.